The maximum Gasteiger partial charge on any atom is 0.251 e. The van der Waals surface area contributed by atoms with Crippen LogP contribution in [0.1, 0.15) is 36.0 Å². The van der Waals surface area contributed by atoms with Crippen LogP contribution < -0.4 is 10.8 Å². The quantitative estimate of drug-likeness (QED) is 0.315. The Balaban J connectivity index is 1.86. The summed E-state index contributed by atoms with van der Waals surface area (Å²) in [6.07, 6.45) is 2.00. The minimum Gasteiger partial charge on any atom is -0.394 e. The summed E-state index contributed by atoms with van der Waals surface area (Å²) in [6, 6.07) is 16.8. The summed E-state index contributed by atoms with van der Waals surface area (Å²) in [5.41, 5.74) is 4.22. The predicted octanol–water partition coefficient (Wildman–Crippen LogP) is 2.51. The van der Waals surface area contributed by atoms with E-state index in [0.717, 1.165) is 11.1 Å². The van der Waals surface area contributed by atoms with Crippen LogP contribution in [0.5, 0.6) is 0 Å². The number of hydrogen-bond acceptors (Lipinski definition) is 4. The standard InChI is InChI=1S/C20H24N2O4/c23-14-18(8-4-5-9-19(24)22-26)21-20(25)17-12-10-16(11-13-17)15-6-2-1-3-7-15/h1-3,6-7,10-13,18,23,26H,4-5,8-9,14H2,(H,21,25)(H,22,24)/t18-/m0/s1. The first-order chi connectivity index (χ1) is 12.6. The number of benzene rings is 2. The van der Waals surface area contributed by atoms with E-state index in [0.29, 0.717) is 24.8 Å². The zero-order chi connectivity index (χ0) is 18.8. The van der Waals surface area contributed by atoms with Gasteiger partial charge in [-0.05, 0) is 36.1 Å². The van der Waals surface area contributed by atoms with Crippen molar-refractivity contribution in [2.75, 3.05) is 6.61 Å². The van der Waals surface area contributed by atoms with Gasteiger partial charge in [0.2, 0.25) is 5.91 Å². The number of hydrogen-bond donors (Lipinski definition) is 4. The summed E-state index contributed by atoms with van der Waals surface area (Å²) in [4.78, 5) is 23.3. The van der Waals surface area contributed by atoms with Gasteiger partial charge in [-0.25, -0.2) is 5.48 Å². The number of carbonyl (C=O) groups excluding carboxylic acids is 2. The number of unbranched alkanes of at least 4 members (excludes halogenated alkanes) is 1. The van der Waals surface area contributed by atoms with Crippen LogP contribution in [0.15, 0.2) is 54.6 Å². The number of aliphatic hydroxyl groups excluding tert-OH is 1. The Labute approximate surface area is 152 Å². The maximum absolute atomic E-state index is 12.3. The lowest BCUT2D eigenvalue weighted by Gasteiger charge is -2.16. The minimum atomic E-state index is -0.437. The molecule has 0 saturated carbocycles. The van der Waals surface area contributed by atoms with E-state index < -0.39 is 5.91 Å². The van der Waals surface area contributed by atoms with Crippen molar-refractivity contribution in [2.24, 2.45) is 0 Å². The predicted molar refractivity (Wildman–Crippen MR) is 98.6 cm³/mol. The van der Waals surface area contributed by atoms with Crippen LogP contribution >= 0.6 is 0 Å². The molecule has 6 heteroatoms. The Hall–Kier alpha value is -2.70. The van der Waals surface area contributed by atoms with Gasteiger partial charge in [0.05, 0.1) is 12.6 Å². The number of hydroxylamine groups is 1. The summed E-state index contributed by atoms with van der Waals surface area (Å²) < 4.78 is 0. The molecule has 2 amide bonds. The van der Waals surface area contributed by atoms with E-state index in [9.17, 15) is 14.7 Å². The fourth-order valence-corrected chi connectivity index (χ4v) is 2.65. The SMILES string of the molecule is O=C(CCCC[C@@H](CO)NC(=O)c1ccc(-c2ccccc2)cc1)NO. The lowest BCUT2D eigenvalue weighted by Crippen LogP contribution is -2.37. The summed E-state index contributed by atoms with van der Waals surface area (Å²) >= 11 is 0. The van der Waals surface area contributed by atoms with Crippen LogP contribution in [0.4, 0.5) is 0 Å². The number of aliphatic hydroxyl groups is 1. The van der Waals surface area contributed by atoms with Gasteiger partial charge in [0.1, 0.15) is 0 Å². The number of rotatable bonds is 9. The third kappa shape index (κ3) is 5.98. The van der Waals surface area contributed by atoms with Crippen LogP contribution in [0.3, 0.4) is 0 Å². The zero-order valence-electron chi connectivity index (χ0n) is 14.5. The van der Waals surface area contributed by atoms with Gasteiger partial charge in [-0.2, -0.15) is 0 Å². The van der Waals surface area contributed by atoms with Gasteiger partial charge in [0, 0.05) is 12.0 Å². The Morgan fingerprint density at radius 1 is 0.923 bits per heavy atom. The van der Waals surface area contributed by atoms with E-state index in [4.69, 9.17) is 5.21 Å². The van der Waals surface area contributed by atoms with E-state index in [1.54, 1.807) is 17.6 Å². The van der Waals surface area contributed by atoms with Gasteiger partial charge >= 0.3 is 0 Å². The molecule has 0 bridgehead atoms. The number of amides is 2. The zero-order valence-corrected chi connectivity index (χ0v) is 14.5. The summed E-state index contributed by atoms with van der Waals surface area (Å²) in [5.74, 6) is -0.676. The van der Waals surface area contributed by atoms with Gasteiger partial charge < -0.3 is 10.4 Å². The van der Waals surface area contributed by atoms with Crippen molar-refractivity contribution in [1.82, 2.24) is 10.8 Å². The summed E-state index contributed by atoms with van der Waals surface area (Å²) in [6.45, 7) is -0.167. The van der Waals surface area contributed by atoms with Crippen LogP contribution in [0, 0.1) is 0 Å². The molecule has 0 aromatic heterocycles. The molecule has 6 nitrogen and oxygen atoms in total. The minimum absolute atomic E-state index is 0.167. The highest BCUT2D eigenvalue weighted by atomic mass is 16.5. The highest BCUT2D eigenvalue weighted by Crippen LogP contribution is 2.19. The summed E-state index contributed by atoms with van der Waals surface area (Å²) in [7, 11) is 0. The molecule has 0 heterocycles. The van der Waals surface area contributed by atoms with E-state index >= 15 is 0 Å². The van der Waals surface area contributed by atoms with Crippen molar-refractivity contribution in [3.8, 4) is 11.1 Å². The molecule has 1 atom stereocenters. The highest BCUT2D eigenvalue weighted by Gasteiger charge is 2.13. The maximum atomic E-state index is 12.3. The molecule has 0 aliphatic heterocycles. The lowest BCUT2D eigenvalue weighted by atomic mass is 10.0. The molecule has 138 valence electrons. The molecule has 0 fully saturated rings. The van der Waals surface area contributed by atoms with Gasteiger partial charge in [-0.1, -0.05) is 48.9 Å². The van der Waals surface area contributed by atoms with Crippen molar-refractivity contribution in [3.63, 3.8) is 0 Å². The molecule has 4 N–H and O–H groups in total. The third-order valence-electron chi connectivity index (χ3n) is 4.14. The van der Waals surface area contributed by atoms with Gasteiger partial charge in [-0.3, -0.25) is 14.8 Å². The summed E-state index contributed by atoms with van der Waals surface area (Å²) in [5, 5.41) is 20.7. The topological polar surface area (TPSA) is 98.7 Å². The van der Waals surface area contributed by atoms with Crippen molar-refractivity contribution in [3.05, 3.63) is 60.2 Å². The van der Waals surface area contributed by atoms with Crippen LogP contribution in [0.2, 0.25) is 0 Å². The second kappa shape index (κ2) is 10.3. The molecule has 0 saturated heterocycles. The molecule has 2 aromatic rings. The molecule has 0 aliphatic rings. The Kier molecular flexibility index (Phi) is 7.79. The van der Waals surface area contributed by atoms with Crippen molar-refractivity contribution in [1.29, 1.82) is 0 Å². The third-order valence-corrected chi connectivity index (χ3v) is 4.14. The Morgan fingerprint density at radius 2 is 1.58 bits per heavy atom. The fraction of sp³-hybridized carbons (Fsp3) is 0.300. The molecule has 0 radical (unpaired) electrons. The second-order valence-corrected chi connectivity index (χ2v) is 6.08. The van der Waals surface area contributed by atoms with Crippen molar-refractivity contribution in [2.45, 2.75) is 31.7 Å². The molecule has 0 unspecified atom stereocenters. The van der Waals surface area contributed by atoms with Gasteiger partial charge in [-0.15, -0.1) is 0 Å². The van der Waals surface area contributed by atoms with Crippen molar-refractivity contribution < 1.29 is 19.9 Å². The van der Waals surface area contributed by atoms with Crippen molar-refractivity contribution >= 4 is 11.8 Å². The first-order valence-corrected chi connectivity index (χ1v) is 8.64. The average Bonchev–Trinajstić information content (AvgIpc) is 2.70. The second-order valence-electron chi connectivity index (χ2n) is 6.08. The van der Waals surface area contributed by atoms with E-state index in [1.165, 1.54) is 0 Å². The van der Waals surface area contributed by atoms with Gasteiger partial charge in [0.25, 0.3) is 5.91 Å². The molecular weight excluding hydrogens is 332 g/mol. The molecule has 2 aromatic carbocycles. The van der Waals surface area contributed by atoms with E-state index in [2.05, 4.69) is 5.32 Å². The van der Waals surface area contributed by atoms with Crippen LogP contribution in [-0.4, -0.2) is 34.8 Å². The normalized spacial score (nSPS) is 11.6. The first-order valence-electron chi connectivity index (χ1n) is 8.64. The monoisotopic (exact) mass is 356 g/mol. The first kappa shape index (κ1) is 19.6. The molecular formula is C20H24N2O4. The number of carbonyl (C=O) groups is 2. The molecule has 0 spiro atoms. The highest BCUT2D eigenvalue weighted by molar-refractivity contribution is 5.94. The number of nitrogens with one attached hydrogen (secondary N) is 2. The van der Waals surface area contributed by atoms with E-state index in [1.807, 2.05) is 42.5 Å². The van der Waals surface area contributed by atoms with Gasteiger partial charge in [0.15, 0.2) is 0 Å². The van der Waals surface area contributed by atoms with Crippen LogP contribution in [-0.2, 0) is 4.79 Å². The molecule has 26 heavy (non-hydrogen) atoms. The Bertz CT molecular complexity index is 702. The van der Waals surface area contributed by atoms with E-state index in [-0.39, 0.29) is 25.0 Å². The average molecular weight is 356 g/mol. The lowest BCUT2D eigenvalue weighted by molar-refractivity contribution is -0.129. The molecule has 0 aliphatic carbocycles. The smallest absolute Gasteiger partial charge is 0.251 e. The largest absolute Gasteiger partial charge is 0.394 e. The molecule has 2 rings (SSSR count). The van der Waals surface area contributed by atoms with Crippen LogP contribution in [0.25, 0.3) is 11.1 Å². The fourth-order valence-electron chi connectivity index (χ4n) is 2.65. The Morgan fingerprint density at radius 3 is 2.19 bits per heavy atom.